The number of nitrogens with zero attached hydrogens (tertiary/aromatic N) is 2. The lowest BCUT2D eigenvalue weighted by Gasteiger charge is -2.11. The zero-order valence-electron chi connectivity index (χ0n) is 14.9. The van der Waals surface area contributed by atoms with Crippen LogP contribution >= 0.6 is 0 Å². The molecule has 0 fully saturated rings. The first kappa shape index (κ1) is 20.0. The van der Waals surface area contributed by atoms with Crippen LogP contribution in [0, 0.1) is 0 Å². The third kappa shape index (κ3) is 5.15. The number of amides is 3. The predicted molar refractivity (Wildman–Crippen MR) is 98.4 cm³/mol. The summed E-state index contributed by atoms with van der Waals surface area (Å²) in [5, 5.41) is 9.95. The van der Waals surface area contributed by atoms with E-state index in [1.165, 1.54) is 16.8 Å². The highest BCUT2D eigenvalue weighted by molar-refractivity contribution is 6.04. The van der Waals surface area contributed by atoms with Crippen LogP contribution in [-0.2, 0) is 6.54 Å². The molecule has 3 aromatic rings. The van der Waals surface area contributed by atoms with Gasteiger partial charge in [-0.2, -0.15) is 5.10 Å². The standard InChI is InChI=1S/C18H16F3N5O3/c19-18(20,21)29-12-7-5-11(6-8-12)24-17(28)23-9-10-26-15(16(22)27)13-3-1-2-4-14(13)25-26/h1-8H,9-10H2,(H2,22,27)(H2,23,24,28). The van der Waals surface area contributed by atoms with Crippen LogP contribution in [0.2, 0.25) is 0 Å². The lowest BCUT2D eigenvalue weighted by molar-refractivity contribution is -0.274. The maximum Gasteiger partial charge on any atom is 0.573 e. The largest absolute Gasteiger partial charge is 0.573 e. The number of carbonyl (C=O) groups excluding carboxylic acids is 2. The molecule has 3 amide bonds. The fraction of sp³-hybridized carbons (Fsp3) is 0.167. The number of fused-ring (bicyclic) bond motifs is 1. The molecular formula is C18H16F3N5O3. The molecule has 152 valence electrons. The normalized spacial score (nSPS) is 11.3. The average molecular weight is 407 g/mol. The van der Waals surface area contributed by atoms with Crippen LogP contribution in [-0.4, -0.2) is 34.6 Å². The van der Waals surface area contributed by atoms with Gasteiger partial charge < -0.3 is 21.1 Å². The minimum Gasteiger partial charge on any atom is -0.406 e. The smallest absolute Gasteiger partial charge is 0.406 e. The number of alkyl halides is 3. The van der Waals surface area contributed by atoms with Crippen LogP contribution in [0.4, 0.5) is 23.7 Å². The number of hydrogen-bond acceptors (Lipinski definition) is 4. The molecule has 3 rings (SSSR count). The van der Waals surface area contributed by atoms with Crippen molar-refractivity contribution in [3.63, 3.8) is 0 Å². The zero-order chi connectivity index (χ0) is 21.0. The van der Waals surface area contributed by atoms with Gasteiger partial charge in [0.1, 0.15) is 11.4 Å². The Morgan fingerprint density at radius 3 is 2.45 bits per heavy atom. The molecule has 0 aliphatic rings. The Balaban J connectivity index is 1.56. The van der Waals surface area contributed by atoms with E-state index in [-0.39, 0.29) is 24.5 Å². The van der Waals surface area contributed by atoms with Crippen molar-refractivity contribution in [1.82, 2.24) is 15.1 Å². The number of hydrogen-bond donors (Lipinski definition) is 3. The summed E-state index contributed by atoms with van der Waals surface area (Å²) in [5.74, 6) is -1.03. The Morgan fingerprint density at radius 2 is 1.79 bits per heavy atom. The van der Waals surface area contributed by atoms with E-state index in [0.717, 1.165) is 12.1 Å². The summed E-state index contributed by atoms with van der Waals surface area (Å²) in [5.41, 5.74) is 6.55. The Labute approximate surface area is 162 Å². The van der Waals surface area contributed by atoms with Crippen LogP contribution in [0.1, 0.15) is 10.5 Å². The fourth-order valence-corrected chi connectivity index (χ4v) is 2.69. The third-order valence-corrected chi connectivity index (χ3v) is 3.83. The summed E-state index contributed by atoms with van der Waals surface area (Å²) in [6.45, 7) is 0.327. The number of anilines is 1. The van der Waals surface area contributed by atoms with E-state index in [4.69, 9.17) is 5.73 Å². The first-order valence-corrected chi connectivity index (χ1v) is 8.39. The molecule has 2 aromatic carbocycles. The molecule has 11 heteroatoms. The van der Waals surface area contributed by atoms with E-state index in [1.54, 1.807) is 24.3 Å². The van der Waals surface area contributed by atoms with E-state index in [0.29, 0.717) is 10.9 Å². The summed E-state index contributed by atoms with van der Waals surface area (Å²) in [6.07, 6.45) is -4.78. The third-order valence-electron chi connectivity index (χ3n) is 3.83. The van der Waals surface area contributed by atoms with Gasteiger partial charge >= 0.3 is 12.4 Å². The topological polar surface area (TPSA) is 111 Å². The minimum atomic E-state index is -4.78. The first-order chi connectivity index (χ1) is 13.7. The van der Waals surface area contributed by atoms with Crippen molar-refractivity contribution >= 4 is 28.5 Å². The molecule has 0 aliphatic carbocycles. The molecule has 0 spiro atoms. The summed E-state index contributed by atoms with van der Waals surface area (Å²) >= 11 is 0. The maximum absolute atomic E-state index is 12.1. The Hall–Kier alpha value is -3.76. The second-order valence-electron chi connectivity index (χ2n) is 5.91. The molecule has 0 atom stereocenters. The Kier molecular flexibility index (Phi) is 5.57. The fourth-order valence-electron chi connectivity index (χ4n) is 2.69. The lowest BCUT2D eigenvalue weighted by Crippen LogP contribution is -2.32. The van der Waals surface area contributed by atoms with Gasteiger partial charge in [-0.3, -0.25) is 9.48 Å². The second kappa shape index (κ2) is 8.09. The first-order valence-electron chi connectivity index (χ1n) is 8.39. The van der Waals surface area contributed by atoms with Gasteiger partial charge in [-0.25, -0.2) is 4.79 Å². The molecule has 0 unspecified atom stereocenters. The molecule has 0 radical (unpaired) electrons. The van der Waals surface area contributed by atoms with Crippen molar-refractivity contribution in [2.75, 3.05) is 11.9 Å². The number of aromatic nitrogens is 2. The van der Waals surface area contributed by atoms with Crippen molar-refractivity contribution in [3.8, 4) is 5.75 Å². The Morgan fingerprint density at radius 1 is 1.10 bits per heavy atom. The number of nitrogens with two attached hydrogens (primary N) is 1. The quantitative estimate of drug-likeness (QED) is 0.583. The van der Waals surface area contributed by atoms with Crippen molar-refractivity contribution < 1.29 is 27.5 Å². The van der Waals surface area contributed by atoms with Crippen molar-refractivity contribution in [2.45, 2.75) is 12.9 Å². The average Bonchev–Trinajstić information content (AvgIpc) is 3.00. The molecule has 8 nitrogen and oxygen atoms in total. The molecule has 1 heterocycles. The number of primary amides is 1. The number of carbonyl (C=O) groups is 2. The summed E-state index contributed by atoms with van der Waals surface area (Å²) < 4.78 is 41.6. The zero-order valence-corrected chi connectivity index (χ0v) is 14.9. The van der Waals surface area contributed by atoms with Crippen molar-refractivity contribution in [3.05, 3.63) is 54.2 Å². The summed E-state index contributed by atoms with van der Waals surface area (Å²) in [4.78, 5) is 23.7. The Bertz CT molecular complexity index is 1030. The van der Waals surface area contributed by atoms with Gasteiger partial charge in [0.15, 0.2) is 0 Å². The highest BCUT2D eigenvalue weighted by Crippen LogP contribution is 2.24. The minimum absolute atomic E-state index is 0.134. The number of rotatable bonds is 6. The number of ether oxygens (including phenoxy) is 1. The molecule has 0 bridgehead atoms. The number of nitrogens with one attached hydrogen (secondary N) is 2. The van der Waals surface area contributed by atoms with Crippen LogP contribution in [0.15, 0.2) is 48.5 Å². The van der Waals surface area contributed by atoms with E-state index < -0.39 is 24.1 Å². The summed E-state index contributed by atoms with van der Waals surface area (Å²) in [6, 6.07) is 11.1. The van der Waals surface area contributed by atoms with E-state index in [2.05, 4.69) is 20.5 Å². The predicted octanol–water partition coefficient (Wildman–Crippen LogP) is 2.86. The van der Waals surface area contributed by atoms with Gasteiger partial charge in [-0.05, 0) is 30.3 Å². The molecule has 0 saturated heterocycles. The number of urea groups is 1. The van der Waals surface area contributed by atoms with E-state index in [1.807, 2.05) is 0 Å². The molecule has 1 aromatic heterocycles. The number of halogens is 3. The van der Waals surface area contributed by atoms with Crippen LogP contribution in [0.5, 0.6) is 5.75 Å². The highest BCUT2D eigenvalue weighted by atomic mass is 19.4. The van der Waals surface area contributed by atoms with E-state index in [9.17, 15) is 22.8 Å². The molecule has 4 N–H and O–H groups in total. The highest BCUT2D eigenvalue weighted by Gasteiger charge is 2.30. The van der Waals surface area contributed by atoms with Gasteiger partial charge in [-0.15, -0.1) is 13.2 Å². The van der Waals surface area contributed by atoms with Gasteiger partial charge in [0.25, 0.3) is 5.91 Å². The summed E-state index contributed by atoms with van der Waals surface area (Å²) in [7, 11) is 0. The lowest BCUT2D eigenvalue weighted by atomic mass is 10.2. The second-order valence-corrected chi connectivity index (χ2v) is 5.91. The molecule has 0 saturated carbocycles. The van der Waals surface area contributed by atoms with Gasteiger partial charge in [0.2, 0.25) is 0 Å². The monoisotopic (exact) mass is 407 g/mol. The molecule has 0 aliphatic heterocycles. The van der Waals surface area contributed by atoms with Crippen LogP contribution in [0.3, 0.4) is 0 Å². The molecular weight excluding hydrogens is 391 g/mol. The van der Waals surface area contributed by atoms with Crippen molar-refractivity contribution in [1.29, 1.82) is 0 Å². The molecule has 29 heavy (non-hydrogen) atoms. The number of benzene rings is 2. The van der Waals surface area contributed by atoms with Gasteiger partial charge in [-0.1, -0.05) is 18.2 Å². The van der Waals surface area contributed by atoms with Gasteiger partial charge in [0.05, 0.1) is 12.1 Å². The van der Waals surface area contributed by atoms with Crippen LogP contribution < -0.4 is 21.1 Å². The van der Waals surface area contributed by atoms with E-state index >= 15 is 0 Å². The van der Waals surface area contributed by atoms with Crippen LogP contribution in [0.25, 0.3) is 10.9 Å². The maximum atomic E-state index is 12.1. The SMILES string of the molecule is NC(=O)c1c2ccccc2nn1CCNC(=O)Nc1ccc(OC(F)(F)F)cc1. The van der Waals surface area contributed by atoms with Gasteiger partial charge in [0, 0.05) is 17.6 Å². The van der Waals surface area contributed by atoms with Crippen molar-refractivity contribution in [2.24, 2.45) is 5.73 Å².